The van der Waals surface area contributed by atoms with Gasteiger partial charge in [0.05, 0.1) is 24.5 Å². The standard InChI is InChI=1S/C20H19F3N4O4S/c1-12(2)31-18(29)25-16-9-13(7-8-24-16)10-26-11-17(28)27(19(26)30)14-3-5-15(6-4-14)32-20(21,22)23/h3-9,11-12,28H,10H2,1-2H3,(H,24,25,29). The number of carbonyl (C=O) groups is 1. The maximum Gasteiger partial charge on any atom is 0.446 e. The van der Waals surface area contributed by atoms with Crippen LogP contribution < -0.4 is 11.0 Å². The second-order valence-electron chi connectivity index (χ2n) is 6.90. The lowest BCUT2D eigenvalue weighted by molar-refractivity contribution is -0.0328. The highest BCUT2D eigenvalue weighted by molar-refractivity contribution is 8.00. The summed E-state index contributed by atoms with van der Waals surface area (Å²) < 4.78 is 44.6. The lowest BCUT2D eigenvalue weighted by atomic mass is 10.2. The summed E-state index contributed by atoms with van der Waals surface area (Å²) in [5.74, 6) is -0.151. The largest absolute Gasteiger partial charge is 0.493 e. The van der Waals surface area contributed by atoms with E-state index in [9.17, 15) is 27.9 Å². The van der Waals surface area contributed by atoms with Crippen molar-refractivity contribution < 1.29 is 27.8 Å². The number of rotatable bonds is 6. The highest BCUT2D eigenvalue weighted by atomic mass is 32.2. The van der Waals surface area contributed by atoms with Gasteiger partial charge in [0, 0.05) is 11.1 Å². The monoisotopic (exact) mass is 468 g/mol. The quantitative estimate of drug-likeness (QED) is 0.522. The molecule has 0 aliphatic heterocycles. The third-order valence-electron chi connectivity index (χ3n) is 4.02. The van der Waals surface area contributed by atoms with Crippen molar-refractivity contribution >= 4 is 23.7 Å². The number of aromatic nitrogens is 3. The van der Waals surface area contributed by atoms with E-state index in [0.29, 0.717) is 5.56 Å². The van der Waals surface area contributed by atoms with E-state index in [1.54, 1.807) is 26.0 Å². The summed E-state index contributed by atoms with van der Waals surface area (Å²) in [4.78, 5) is 28.5. The van der Waals surface area contributed by atoms with Gasteiger partial charge < -0.3 is 9.84 Å². The number of amides is 1. The van der Waals surface area contributed by atoms with Crippen LogP contribution in [0.2, 0.25) is 0 Å². The molecule has 3 aromatic rings. The van der Waals surface area contributed by atoms with Crippen LogP contribution in [0.1, 0.15) is 19.4 Å². The van der Waals surface area contributed by atoms with Crippen LogP contribution in [0.4, 0.5) is 23.8 Å². The molecule has 32 heavy (non-hydrogen) atoms. The van der Waals surface area contributed by atoms with Crippen molar-refractivity contribution in [3.63, 3.8) is 0 Å². The smallest absolute Gasteiger partial charge is 0.446 e. The minimum Gasteiger partial charge on any atom is -0.493 e. The van der Waals surface area contributed by atoms with Gasteiger partial charge in [-0.15, -0.1) is 0 Å². The molecule has 3 rings (SSSR count). The molecule has 0 aliphatic carbocycles. The van der Waals surface area contributed by atoms with Crippen molar-refractivity contribution in [2.45, 2.75) is 36.9 Å². The van der Waals surface area contributed by atoms with E-state index >= 15 is 0 Å². The van der Waals surface area contributed by atoms with Gasteiger partial charge in [0.15, 0.2) is 0 Å². The lowest BCUT2D eigenvalue weighted by Crippen LogP contribution is -2.23. The number of anilines is 1. The molecule has 2 N–H and O–H groups in total. The first-order chi connectivity index (χ1) is 15.0. The molecular formula is C20H19F3N4O4S. The fraction of sp³-hybridized carbons (Fsp3) is 0.250. The number of nitrogens with one attached hydrogen (secondary N) is 1. The van der Waals surface area contributed by atoms with E-state index in [2.05, 4.69) is 10.3 Å². The predicted octanol–water partition coefficient (Wildman–Crippen LogP) is 4.36. The molecular weight excluding hydrogens is 449 g/mol. The molecule has 0 radical (unpaired) electrons. The van der Waals surface area contributed by atoms with Crippen LogP contribution in [0.5, 0.6) is 5.88 Å². The molecule has 1 aromatic carbocycles. The molecule has 0 atom stereocenters. The van der Waals surface area contributed by atoms with Crippen LogP contribution in [0, 0.1) is 0 Å². The van der Waals surface area contributed by atoms with Crippen molar-refractivity contribution in [2.75, 3.05) is 5.32 Å². The minimum absolute atomic E-state index is 0.0407. The van der Waals surface area contributed by atoms with Gasteiger partial charge >= 0.3 is 17.3 Å². The molecule has 0 spiro atoms. The maximum absolute atomic E-state index is 12.8. The molecule has 0 aliphatic rings. The van der Waals surface area contributed by atoms with Gasteiger partial charge in [-0.25, -0.2) is 19.1 Å². The molecule has 0 saturated carbocycles. The first kappa shape index (κ1) is 23.3. The molecule has 1 amide bonds. The number of alkyl halides is 3. The van der Waals surface area contributed by atoms with E-state index in [0.717, 1.165) is 4.57 Å². The third-order valence-corrected chi connectivity index (χ3v) is 4.76. The highest BCUT2D eigenvalue weighted by Crippen LogP contribution is 2.37. The highest BCUT2D eigenvalue weighted by Gasteiger charge is 2.29. The van der Waals surface area contributed by atoms with Crippen LogP contribution in [0.3, 0.4) is 0 Å². The van der Waals surface area contributed by atoms with E-state index in [1.165, 1.54) is 41.2 Å². The summed E-state index contributed by atoms with van der Waals surface area (Å²) >= 11 is -0.271. The van der Waals surface area contributed by atoms with Crippen molar-refractivity contribution in [3.8, 4) is 11.6 Å². The predicted molar refractivity (Wildman–Crippen MR) is 112 cm³/mol. The number of hydrogen-bond donors (Lipinski definition) is 2. The summed E-state index contributed by atoms with van der Waals surface area (Å²) in [6, 6.07) is 8.23. The Morgan fingerprint density at radius 1 is 1.25 bits per heavy atom. The summed E-state index contributed by atoms with van der Waals surface area (Å²) in [5.41, 5.74) is -4.19. The number of hydrogen-bond acceptors (Lipinski definition) is 6. The number of aromatic hydroxyl groups is 1. The van der Waals surface area contributed by atoms with Crippen LogP contribution in [0.15, 0.2) is 58.5 Å². The second-order valence-corrected chi connectivity index (χ2v) is 8.04. The zero-order valence-electron chi connectivity index (χ0n) is 17.0. The second kappa shape index (κ2) is 9.39. The first-order valence-electron chi connectivity index (χ1n) is 9.32. The number of imidazole rings is 1. The number of nitrogens with zero attached hydrogens (tertiary/aromatic N) is 3. The third kappa shape index (κ3) is 6.06. The SMILES string of the molecule is CC(C)OC(=O)Nc1cc(Cn2cc(O)n(-c3ccc(SC(F)(F)F)cc3)c2=O)ccn1. The van der Waals surface area contributed by atoms with Gasteiger partial charge in [-0.1, -0.05) is 0 Å². The Bertz CT molecular complexity index is 1160. The van der Waals surface area contributed by atoms with Gasteiger partial charge in [-0.2, -0.15) is 13.2 Å². The molecule has 170 valence electrons. The molecule has 0 saturated heterocycles. The average Bonchev–Trinajstić information content (AvgIpc) is 2.94. The lowest BCUT2D eigenvalue weighted by Gasteiger charge is -2.10. The molecule has 0 fully saturated rings. The number of halogens is 3. The Balaban J connectivity index is 1.79. The topological polar surface area (TPSA) is 98.4 Å². The van der Waals surface area contributed by atoms with Crippen LogP contribution >= 0.6 is 11.8 Å². The van der Waals surface area contributed by atoms with Gasteiger partial charge in [0.25, 0.3) is 0 Å². The maximum atomic E-state index is 12.8. The summed E-state index contributed by atoms with van der Waals surface area (Å²) in [7, 11) is 0. The average molecular weight is 468 g/mol. The minimum atomic E-state index is -4.42. The van der Waals surface area contributed by atoms with Crippen molar-refractivity contribution in [1.82, 2.24) is 14.1 Å². The number of benzene rings is 1. The normalized spacial score (nSPS) is 11.6. The summed E-state index contributed by atoms with van der Waals surface area (Å²) in [6.07, 6.45) is 1.68. The fourth-order valence-electron chi connectivity index (χ4n) is 2.82. The van der Waals surface area contributed by atoms with Gasteiger partial charge in [0.1, 0.15) is 5.82 Å². The Labute approximate surface area is 184 Å². The summed E-state index contributed by atoms with van der Waals surface area (Å²) in [5, 5.41) is 12.7. The fourth-order valence-corrected chi connectivity index (χ4v) is 3.36. The number of carbonyl (C=O) groups excluding carboxylic acids is 1. The molecule has 2 heterocycles. The van der Waals surface area contributed by atoms with Crippen molar-refractivity contribution in [1.29, 1.82) is 0 Å². The van der Waals surface area contributed by atoms with Crippen LogP contribution in [-0.2, 0) is 11.3 Å². The van der Waals surface area contributed by atoms with E-state index in [4.69, 9.17) is 4.74 Å². The first-order valence-corrected chi connectivity index (χ1v) is 10.1. The Kier molecular flexibility index (Phi) is 6.82. The van der Waals surface area contributed by atoms with E-state index < -0.39 is 17.3 Å². The molecule has 0 bridgehead atoms. The Morgan fingerprint density at radius 2 is 1.94 bits per heavy atom. The van der Waals surface area contributed by atoms with E-state index in [1.807, 2.05) is 0 Å². The van der Waals surface area contributed by atoms with Crippen LogP contribution in [-0.4, -0.2) is 36.9 Å². The molecule has 0 unspecified atom stereocenters. The number of thioether (sulfide) groups is 1. The number of ether oxygens (including phenoxy) is 1. The number of pyridine rings is 1. The summed E-state index contributed by atoms with van der Waals surface area (Å²) in [6.45, 7) is 3.46. The van der Waals surface area contributed by atoms with Gasteiger partial charge in [-0.05, 0) is 67.6 Å². The zero-order valence-corrected chi connectivity index (χ0v) is 17.8. The molecule has 8 nitrogen and oxygen atoms in total. The molecule has 2 aromatic heterocycles. The zero-order chi connectivity index (χ0) is 23.5. The van der Waals surface area contributed by atoms with Crippen LogP contribution in [0.25, 0.3) is 5.69 Å². The van der Waals surface area contributed by atoms with Gasteiger partial charge in [0.2, 0.25) is 5.88 Å². The van der Waals surface area contributed by atoms with Crippen molar-refractivity contribution in [2.24, 2.45) is 0 Å². The van der Waals surface area contributed by atoms with Gasteiger partial charge in [-0.3, -0.25) is 9.88 Å². The van der Waals surface area contributed by atoms with Crippen molar-refractivity contribution in [3.05, 3.63) is 64.8 Å². The Hall–Kier alpha value is -3.41. The Morgan fingerprint density at radius 3 is 2.56 bits per heavy atom. The molecule has 12 heteroatoms. The van der Waals surface area contributed by atoms with E-state index in [-0.39, 0.29) is 46.7 Å².